The van der Waals surface area contributed by atoms with Crippen LogP contribution in [0.1, 0.15) is 33.6 Å². The van der Waals surface area contributed by atoms with Crippen LogP contribution in [0.5, 0.6) is 0 Å². The van der Waals surface area contributed by atoms with Crippen LogP contribution in [0, 0.1) is 5.92 Å². The average molecular weight is 168 g/mol. The fourth-order valence-corrected chi connectivity index (χ4v) is 1.74. The minimum Gasteiger partial charge on any atom is -0.459 e. The maximum absolute atomic E-state index is 10.8. The van der Waals surface area contributed by atoms with Gasteiger partial charge in [0.25, 0.3) is 0 Å². The van der Waals surface area contributed by atoms with Crippen molar-refractivity contribution in [1.82, 2.24) is 0 Å². The Balaban J connectivity index is 2.72. The van der Waals surface area contributed by atoms with E-state index in [2.05, 4.69) is 13.5 Å². The van der Waals surface area contributed by atoms with Crippen LogP contribution in [-0.4, -0.2) is 11.6 Å². The molecule has 1 saturated carbocycles. The van der Waals surface area contributed by atoms with Crippen molar-refractivity contribution in [2.24, 2.45) is 5.92 Å². The van der Waals surface area contributed by atoms with E-state index >= 15 is 0 Å². The summed E-state index contributed by atoms with van der Waals surface area (Å²) in [5, 5.41) is 0. The zero-order valence-corrected chi connectivity index (χ0v) is 8.02. The van der Waals surface area contributed by atoms with Gasteiger partial charge in [0.05, 0.1) is 0 Å². The number of carbonyl (C=O) groups is 1. The first kappa shape index (κ1) is 9.30. The summed E-state index contributed by atoms with van der Waals surface area (Å²) >= 11 is 0. The number of esters is 1. The van der Waals surface area contributed by atoms with Gasteiger partial charge >= 0.3 is 5.97 Å². The summed E-state index contributed by atoms with van der Waals surface area (Å²) in [4.78, 5) is 10.8. The third-order valence-electron chi connectivity index (χ3n) is 2.85. The van der Waals surface area contributed by atoms with Gasteiger partial charge in [-0.2, -0.15) is 0 Å². The van der Waals surface area contributed by atoms with Crippen LogP contribution in [0.25, 0.3) is 0 Å². The first-order valence-corrected chi connectivity index (χ1v) is 4.33. The lowest BCUT2D eigenvalue weighted by molar-refractivity contribution is -0.157. The van der Waals surface area contributed by atoms with Crippen molar-refractivity contribution in [2.75, 3.05) is 0 Å². The highest BCUT2D eigenvalue weighted by Gasteiger charge is 2.40. The molecule has 68 valence electrons. The van der Waals surface area contributed by atoms with Crippen LogP contribution in [0.4, 0.5) is 0 Å². The molecule has 0 spiro atoms. The van der Waals surface area contributed by atoms with E-state index < -0.39 is 0 Å². The van der Waals surface area contributed by atoms with E-state index in [1.807, 2.05) is 6.92 Å². The molecule has 0 amide bonds. The Hall–Kier alpha value is -0.790. The summed E-state index contributed by atoms with van der Waals surface area (Å²) < 4.78 is 5.28. The Morgan fingerprint density at radius 1 is 1.75 bits per heavy atom. The number of carbonyl (C=O) groups excluding carboxylic acids is 1. The molecule has 2 nitrogen and oxygen atoms in total. The highest BCUT2D eigenvalue weighted by Crippen LogP contribution is 2.41. The van der Waals surface area contributed by atoms with Gasteiger partial charge in [0.2, 0.25) is 0 Å². The number of ether oxygens (including phenoxy) is 1. The van der Waals surface area contributed by atoms with E-state index in [0.29, 0.717) is 5.92 Å². The summed E-state index contributed by atoms with van der Waals surface area (Å²) in [6.07, 6.45) is 1.89. The SMILES string of the molecule is C=C1CCC(C)(OC(C)=O)[C@@H]1C. The largest absolute Gasteiger partial charge is 0.459 e. The molecule has 0 aromatic heterocycles. The molecule has 0 aliphatic heterocycles. The average Bonchev–Trinajstić information content (AvgIpc) is 2.16. The van der Waals surface area contributed by atoms with E-state index in [1.54, 1.807) is 0 Å². The molecule has 0 aromatic carbocycles. The quantitative estimate of drug-likeness (QED) is 0.443. The number of hydrogen-bond acceptors (Lipinski definition) is 2. The fraction of sp³-hybridized carbons (Fsp3) is 0.700. The maximum Gasteiger partial charge on any atom is 0.303 e. The summed E-state index contributed by atoms with van der Waals surface area (Å²) in [7, 11) is 0. The molecule has 0 radical (unpaired) electrons. The molecule has 2 atom stereocenters. The Bertz CT molecular complexity index is 220. The van der Waals surface area contributed by atoms with Gasteiger partial charge in [-0.1, -0.05) is 19.1 Å². The van der Waals surface area contributed by atoms with Crippen molar-refractivity contribution in [3.63, 3.8) is 0 Å². The summed E-state index contributed by atoms with van der Waals surface area (Å²) in [5.41, 5.74) is 0.891. The predicted molar refractivity (Wildman–Crippen MR) is 47.7 cm³/mol. The molecule has 0 heterocycles. The van der Waals surface area contributed by atoms with Gasteiger partial charge in [-0.3, -0.25) is 4.79 Å². The molecule has 12 heavy (non-hydrogen) atoms. The molecule has 1 rings (SSSR count). The summed E-state index contributed by atoms with van der Waals surface area (Å²) in [5.74, 6) is 0.0976. The van der Waals surface area contributed by atoms with E-state index in [9.17, 15) is 4.79 Å². The standard InChI is InChI=1S/C10H16O2/c1-7-5-6-10(4,8(7)2)12-9(3)11/h8H,1,5-6H2,2-4H3/t8-,10?/m1/s1. The normalized spacial score (nSPS) is 35.2. The van der Waals surface area contributed by atoms with Crippen molar-refractivity contribution >= 4 is 5.97 Å². The summed E-state index contributed by atoms with van der Waals surface area (Å²) in [6.45, 7) is 9.46. The van der Waals surface area contributed by atoms with Crippen LogP contribution in [0.2, 0.25) is 0 Å². The fourth-order valence-electron chi connectivity index (χ4n) is 1.74. The van der Waals surface area contributed by atoms with Crippen LogP contribution < -0.4 is 0 Å². The lowest BCUT2D eigenvalue weighted by Gasteiger charge is -2.28. The Labute approximate surface area is 73.6 Å². The van der Waals surface area contributed by atoms with Gasteiger partial charge in [0, 0.05) is 12.8 Å². The first-order chi connectivity index (χ1) is 5.46. The smallest absolute Gasteiger partial charge is 0.303 e. The van der Waals surface area contributed by atoms with E-state index in [1.165, 1.54) is 12.5 Å². The number of rotatable bonds is 1. The zero-order valence-electron chi connectivity index (χ0n) is 8.02. The monoisotopic (exact) mass is 168 g/mol. The van der Waals surface area contributed by atoms with Gasteiger partial charge in [-0.25, -0.2) is 0 Å². The molecular formula is C10H16O2. The van der Waals surface area contributed by atoms with E-state index in [0.717, 1.165) is 12.8 Å². The molecule has 0 aromatic rings. The Kier molecular flexibility index (Phi) is 2.27. The highest BCUT2D eigenvalue weighted by atomic mass is 16.6. The van der Waals surface area contributed by atoms with Gasteiger partial charge in [0.15, 0.2) is 0 Å². The van der Waals surface area contributed by atoms with Crippen molar-refractivity contribution in [3.05, 3.63) is 12.2 Å². The van der Waals surface area contributed by atoms with Crippen LogP contribution in [-0.2, 0) is 9.53 Å². The van der Waals surface area contributed by atoms with Crippen molar-refractivity contribution in [3.8, 4) is 0 Å². The van der Waals surface area contributed by atoms with Crippen LogP contribution in [0.3, 0.4) is 0 Å². The van der Waals surface area contributed by atoms with Crippen LogP contribution in [0.15, 0.2) is 12.2 Å². The van der Waals surface area contributed by atoms with Gasteiger partial charge in [-0.15, -0.1) is 0 Å². The third kappa shape index (κ3) is 1.52. The van der Waals surface area contributed by atoms with Gasteiger partial charge in [-0.05, 0) is 19.8 Å². The third-order valence-corrected chi connectivity index (χ3v) is 2.85. The van der Waals surface area contributed by atoms with Crippen molar-refractivity contribution in [1.29, 1.82) is 0 Å². The minimum atomic E-state index is -0.303. The first-order valence-electron chi connectivity index (χ1n) is 4.33. The molecule has 1 fully saturated rings. The molecule has 0 saturated heterocycles. The van der Waals surface area contributed by atoms with Crippen molar-refractivity contribution < 1.29 is 9.53 Å². The molecule has 0 bridgehead atoms. The second-order valence-electron chi connectivity index (χ2n) is 3.79. The molecule has 0 N–H and O–H groups in total. The Morgan fingerprint density at radius 2 is 2.33 bits per heavy atom. The van der Waals surface area contributed by atoms with Crippen molar-refractivity contribution in [2.45, 2.75) is 39.2 Å². The Morgan fingerprint density at radius 3 is 2.67 bits per heavy atom. The molecule has 1 aliphatic rings. The predicted octanol–water partition coefficient (Wildman–Crippen LogP) is 2.29. The second-order valence-corrected chi connectivity index (χ2v) is 3.79. The second kappa shape index (κ2) is 2.92. The van der Waals surface area contributed by atoms with Gasteiger partial charge < -0.3 is 4.74 Å². The molecule has 2 heteroatoms. The van der Waals surface area contributed by atoms with E-state index in [4.69, 9.17) is 4.74 Å². The lowest BCUT2D eigenvalue weighted by Crippen LogP contribution is -2.33. The van der Waals surface area contributed by atoms with E-state index in [-0.39, 0.29) is 11.6 Å². The van der Waals surface area contributed by atoms with Gasteiger partial charge in [0.1, 0.15) is 5.60 Å². The van der Waals surface area contributed by atoms with Crippen LogP contribution >= 0.6 is 0 Å². The molecule has 1 aliphatic carbocycles. The zero-order chi connectivity index (χ0) is 9.35. The molecule has 1 unspecified atom stereocenters. The minimum absolute atomic E-state index is 0.195. The topological polar surface area (TPSA) is 26.3 Å². The maximum atomic E-state index is 10.8. The lowest BCUT2D eigenvalue weighted by atomic mass is 9.93. The summed E-state index contributed by atoms with van der Waals surface area (Å²) in [6, 6.07) is 0. The highest BCUT2D eigenvalue weighted by molar-refractivity contribution is 5.66. The number of hydrogen-bond donors (Lipinski definition) is 0. The molecular weight excluding hydrogens is 152 g/mol.